The molecule has 8 nitrogen and oxygen atoms in total. The lowest BCUT2D eigenvalue weighted by Gasteiger charge is -2.35. The van der Waals surface area contributed by atoms with Crippen molar-refractivity contribution in [2.24, 2.45) is 0 Å². The number of aromatic amines is 1. The second kappa shape index (κ2) is 7.84. The number of fused-ring (bicyclic) bond motifs is 1. The number of aromatic nitrogens is 2. The lowest BCUT2D eigenvalue weighted by Crippen LogP contribution is -2.48. The standard InChI is InChI=1S/C18H24N4O4/c1-12-9-21(10-13(2)26-12)8-7-19-16(23)11-22-18(25)15-6-4-3-5-14(15)17(24)20-22/h3-6,12-13H,7-11H2,1-2H3,(H,19,23)(H,20,24). The monoisotopic (exact) mass is 360 g/mol. The summed E-state index contributed by atoms with van der Waals surface area (Å²) in [5.41, 5.74) is -0.768. The zero-order valence-electron chi connectivity index (χ0n) is 15.0. The molecular formula is C18H24N4O4. The quantitative estimate of drug-likeness (QED) is 0.777. The normalized spacial score (nSPS) is 21.0. The van der Waals surface area contributed by atoms with E-state index >= 15 is 0 Å². The molecule has 2 heterocycles. The molecule has 1 fully saturated rings. The lowest BCUT2D eigenvalue weighted by molar-refractivity contribution is -0.122. The number of carbonyl (C=O) groups excluding carboxylic acids is 1. The summed E-state index contributed by atoms with van der Waals surface area (Å²) >= 11 is 0. The van der Waals surface area contributed by atoms with Crippen LogP contribution >= 0.6 is 0 Å². The lowest BCUT2D eigenvalue weighted by atomic mass is 10.2. The fraction of sp³-hybridized carbons (Fsp3) is 0.500. The molecule has 1 aromatic heterocycles. The number of rotatable bonds is 5. The Morgan fingerprint density at radius 2 is 1.85 bits per heavy atom. The van der Waals surface area contributed by atoms with Gasteiger partial charge in [0.05, 0.1) is 23.0 Å². The molecule has 0 bridgehead atoms. The average Bonchev–Trinajstić information content (AvgIpc) is 2.58. The first-order valence-corrected chi connectivity index (χ1v) is 8.80. The second-order valence-electron chi connectivity index (χ2n) is 6.74. The van der Waals surface area contributed by atoms with Crippen molar-refractivity contribution in [1.82, 2.24) is 20.0 Å². The van der Waals surface area contributed by atoms with E-state index in [4.69, 9.17) is 4.74 Å². The van der Waals surface area contributed by atoms with Crippen molar-refractivity contribution < 1.29 is 9.53 Å². The molecule has 1 saturated heterocycles. The van der Waals surface area contributed by atoms with Crippen LogP contribution in [0.5, 0.6) is 0 Å². The van der Waals surface area contributed by atoms with Gasteiger partial charge in [0.1, 0.15) is 6.54 Å². The van der Waals surface area contributed by atoms with E-state index < -0.39 is 0 Å². The summed E-state index contributed by atoms with van der Waals surface area (Å²) in [6, 6.07) is 6.56. The van der Waals surface area contributed by atoms with Gasteiger partial charge in [-0.2, -0.15) is 0 Å². The van der Waals surface area contributed by atoms with Crippen LogP contribution in [0.4, 0.5) is 0 Å². The van der Waals surface area contributed by atoms with Gasteiger partial charge in [0.25, 0.3) is 11.1 Å². The third kappa shape index (κ3) is 4.20. The van der Waals surface area contributed by atoms with Crippen molar-refractivity contribution in [2.75, 3.05) is 26.2 Å². The Hall–Kier alpha value is -2.45. The molecule has 1 aliphatic rings. The first kappa shape index (κ1) is 18.3. The van der Waals surface area contributed by atoms with Crippen LogP contribution < -0.4 is 16.4 Å². The van der Waals surface area contributed by atoms with E-state index in [0.717, 1.165) is 17.8 Å². The molecule has 26 heavy (non-hydrogen) atoms. The molecule has 140 valence electrons. The van der Waals surface area contributed by atoms with Crippen molar-refractivity contribution in [3.8, 4) is 0 Å². The van der Waals surface area contributed by atoms with Crippen LogP contribution in [-0.2, 0) is 16.1 Å². The van der Waals surface area contributed by atoms with Gasteiger partial charge in [-0.15, -0.1) is 0 Å². The Morgan fingerprint density at radius 3 is 2.54 bits per heavy atom. The Bertz CT molecular complexity index is 894. The second-order valence-corrected chi connectivity index (χ2v) is 6.74. The highest BCUT2D eigenvalue weighted by molar-refractivity contribution is 5.81. The number of hydrogen-bond donors (Lipinski definition) is 2. The van der Waals surface area contributed by atoms with Gasteiger partial charge in [-0.25, -0.2) is 4.68 Å². The molecule has 1 amide bonds. The summed E-state index contributed by atoms with van der Waals surface area (Å²) in [5.74, 6) is -0.313. The predicted octanol–water partition coefficient (Wildman–Crippen LogP) is -0.0848. The van der Waals surface area contributed by atoms with E-state index in [1.165, 1.54) is 0 Å². The van der Waals surface area contributed by atoms with Crippen molar-refractivity contribution in [3.63, 3.8) is 0 Å². The van der Waals surface area contributed by atoms with Crippen molar-refractivity contribution in [1.29, 1.82) is 0 Å². The SMILES string of the molecule is CC1CN(CCNC(=O)Cn2[nH]c(=O)c3ccccc3c2=O)CC(C)O1. The number of morpholine rings is 1. The van der Waals surface area contributed by atoms with E-state index in [1.807, 2.05) is 13.8 Å². The van der Waals surface area contributed by atoms with Crippen molar-refractivity contribution >= 4 is 16.7 Å². The molecule has 3 rings (SSSR count). The van der Waals surface area contributed by atoms with Crippen LogP contribution in [0.2, 0.25) is 0 Å². The van der Waals surface area contributed by atoms with E-state index in [2.05, 4.69) is 15.3 Å². The summed E-state index contributed by atoms with van der Waals surface area (Å²) in [5, 5.41) is 5.89. The summed E-state index contributed by atoms with van der Waals surface area (Å²) in [4.78, 5) is 38.8. The Balaban J connectivity index is 1.59. The van der Waals surface area contributed by atoms with Gasteiger partial charge in [-0.3, -0.25) is 24.4 Å². The third-order valence-electron chi connectivity index (χ3n) is 4.43. The van der Waals surface area contributed by atoms with Crippen LogP contribution in [0.1, 0.15) is 13.8 Å². The topological polar surface area (TPSA) is 96.4 Å². The van der Waals surface area contributed by atoms with E-state index in [-0.39, 0.29) is 35.8 Å². The molecule has 8 heteroatoms. The van der Waals surface area contributed by atoms with Gasteiger partial charge < -0.3 is 10.1 Å². The van der Waals surface area contributed by atoms with Gasteiger partial charge >= 0.3 is 0 Å². The largest absolute Gasteiger partial charge is 0.373 e. The minimum atomic E-state index is -0.385. The molecule has 2 N–H and O–H groups in total. The highest BCUT2D eigenvalue weighted by atomic mass is 16.5. The molecule has 0 spiro atoms. The molecule has 1 aliphatic heterocycles. The molecule has 0 saturated carbocycles. The summed E-state index contributed by atoms with van der Waals surface area (Å²) in [7, 11) is 0. The summed E-state index contributed by atoms with van der Waals surface area (Å²) in [6.45, 7) is 6.70. The number of ether oxygens (including phenoxy) is 1. The minimum absolute atomic E-state index is 0.177. The van der Waals surface area contributed by atoms with Crippen molar-refractivity contribution in [3.05, 3.63) is 45.0 Å². The maximum absolute atomic E-state index is 12.4. The molecule has 2 aromatic rings. The minimum Gasteiger partial charge on any atom is -0.373 e. The highest BCUT2D eigenvalue weighted by Crippen LogP contribution is 2.09. The number of amides is 1. The van der Waals surface area contributed by atoms with Gasteiger partial charge in [-0.05, 0) is 26.0 Å². The maximum atomic E-state index is 12.4. The number of nitrogens with one attached hydrogen (secondary N) is 2. The Kier molecular flexibility index (Phi) is 5.53. The van der Waals surface area contributed by atoms with E-state index in [1.54, 1.807) is 24.3 Å². The Labute approximate surface area is 150 Å². The fourth-order valence-corrected chi connectivity index (χ4v) is 3.38. The smallest absolute Gasteiger partial charge is 0.273 e. The number of nitrogens with zero attached hydrogens (tertiary/aromatic N) is 2. The number of H-pyrrole nitrogens is 1. The molecule has 0 radical (unpaired) electrons. The maximum Gasteiger partial charge on any atom is 0.273 e. The zero-order chi connectivity index (χ0) is 18.7. The van der Waals surface area contributed by atoms with Crippen LogP contribution in [0.25, 0.3) is 10.8 Å². The van der Waals surface area contributed by atoms with Crippen LogP contribution in [0.3, 0.4) is 0 Å². The van der Waals surface area contributed by atoms with Crippen LogP contribution in [0, 0.1) is 0 Å². The van der Waals surface area contributed by atoms with Crippen LogP contribution in [-0.4, -0.2) is 59.0 Å². The molecular weight excluding hydrogens is 336 g/mol. The molecule has 2 atom stereocenters. The van der Waals surface area contributed by atoms with Crippen molar-refractivity contribution in [2.45, 2.75) is 32.6 Å². The first-order chi connectivity index (χ1) is 12.4. The molecule has 2 unspecified atom stereocenters. The molecule has 1 aromatic carbocycles. The van der Waals surface area contributed by atoms with Gasteiger partial charge in [0.2, 0.25) is 5.91 Å². The van der Waals surface area contributed by atoms with E-state index in [9.17, 15) is 14.4 Å². The third-order valence-corrected chi connectivity index (χ3v) is 4.43. The summed E-state index contributed by atoms with van der Waals surface area (Å²) < 4.78 is 6.74. The number of benzene rings is 1. The van der Waals surface area contributed by atoms with E-state index in [0.29, 0.717) is 23.9 Å². The summed E-state index contributed by atoms with van der Waals surface area (Å²) in [6.07, 6.45) is 0.353. The average molecular weight is 360 g/mol. The highest BCUT2D eigenvalue weighted by Gasteiger charge is 2.21. The van der Waals surface area contributed by atoms with Gasteiger partial charge in [-0.1, -0.05) is 12.1 Å². The van der Waals surface area contributed by atoms with Gasteiger partial charge in [0, 0.05) is 26.2 Å². The predicted molar refractivity (Wildman–Crippen MR) is 98.3 cm³/mol. The number of carbonyl (C=O) groups is 1. The van der Waals surface area contributed by atoms with Crippen LogP contribution in [0.15, 0.2) is 33.9 Å². The fourth-order valence-electron chi connectivity index (χ4n) is 3.38. The molecule has 0 aliphatic carbocycles. The zero-order valence-corrected chi connectivity index (χ0v) is 15.0. The first-order valence-electron chi connectivity index (χ1n) is 8.80. The number of hydrogen-bond acceptors (Lipinski definition) is 5. The van der Waals surface area contributed by atoms with Gasteiger partial charge in [0.15, 0.2) is 0 Å². The Morgan fingerprint density at radius 1 is 1.19 bits per heavy atom.